The number of benzene rings is 3. The van der Waals surface area contributed by atoms with E-state index in [0.29, 0.717) is 26.2 Å². The van der Waals surface area contributed by atoms with Gasteiger partial charge in [0.25, 0.3) is 0 Å². The van der Waals surface area contributed by atoms with Gasteiger partial charge in [0.1, 0.15) is 29.8 Å². The Kier molecular flexibility index (Phi) is 32.1. The summed E-state index contributed by atoms with van der Waals surface area (Å²) < 4.78 is 36.9. The third-order valence-electron chi connectivity index (χ3n) is 14.5. The molecule has 3 atom stereocenters. The molecule has 0 spiro atoms. The fourth-order valence-electron chi connectivity index (χ4n) is 10.1. The number of hydrogen-bond donors (Lipinski definition) is 1. The highest BCUT2D eigenvalue weighted by Gasteiger charge is 2.42. The highest BCUT2D eigenvalue weighted by Crippen LogP contribution is 2.42. The second-order valence-electron chi connectivity index (χ2n) is 20.3. The van der Waals surface area contributed by atoms with E-state index in [1.54, 1.807) is 19.1 Å². The molecule has 0 radical (unpaired) electrons. The van der Waals surface area contributed by atoms with Crippen LogP contribution in [0.25, 0.3) is 0 Å². The summed E-state index contributed by atoms with van der Waals surface area (Å²) in [4.78, 5) is 15.7. The van der Waals surface area contributed by atoms with Crippen LogP contribution in [-0.4, -0.2) is 88.1 Å². The fourth-order valence-corrected chi connectivity index (χ4v) is 10.1. The van der Waals surface area contributed by atoms with Crippen molar-refractivity contribution in [3.05, 3.63) is 95.6 Å². The van der Waals surface area contributed by atoms with Crippen molar-refractivity contribution in [3.63, 3.8) is 0 Å². The van der Waals surface area contributed by atoms with Gasteiger partial charge in [-0.15, -0.1) is 0 Å². The number of rotatable bonds is 43. The predicted octanol–water partition coefficient (Wildman–Crippen LogP) is 15.9. The number of aliphatic hydroxyl groups is 1. The third kappa shape index (κ3) is 23.4. The number of unbranched alkanes of at least 4 members (excludes halogenated alkanes) is 26. The molecular weight excluding hydrogens is 887 g/mol. The average Bonchev–Trinajstić information content (AvgIpc) is 3.79. The summed E-state index contributed by atoms with van der Waals surface area (Å²) in [6.07, 6.45) is 35.6. The molecule has 0 aromatic heterocycles. The monoisotopic (exact) mass is 986 g/mol. The summed E-state index contributed by atoms with van der Waals surface area (Å²) in [6.45, 7) is 6.63. The van der Waals surface area contributed by atoms with Crippen LogP contribution in [0.3, 0.4) is 0 Å². The summed E-state index contributed by atoms with van der Waals surface area (Å²) in [7, 11) is 3.31. The molecule has 1 fully saturated rings. The molecule has 3 aromatic rings. The van der Waals surface area contributed by atoms with Crippen LogP contribution in [0, 0.1) is 0 Å². The lowest BCUT2D eigenvalue weighted by Gasteiger charge is -2.37. The summed E-state index contributed by atoms with van der Waals surface area (Å²) in [6, 6.07) is 25.5. The van der Waals surface area contributed by atoms with Crippen molar-refractivity contribution in [2.45, 2.75) is 224 Å². The molecule has 9 heteroatoms. The zero-order valence-corrected chi connectivity index (χ0v) is 45.2. The maximum absolute atomic E-state index is 14.0. The van der Waals surface area contributed by atoms with Crippen molar-refractivity contribution in [2.75, 3.05) is 53.8 Å². The average molecular weight is 986 g/mol. The SMILES string of the molecule is CCCCCCCCCCCCCCCCOC[C@@H](COC(=O)N1C[C@H](O)C[C@H]1COC(c1ccccc1)(c1ccc(OC)cc1)c1ccc(OC)cc1)OCCCCCCCCCCCCCCCC. The molecule has 9 nitrogen and oxygen atoms in total. The third-order valence-corrected chi connectivity index (χ3v) is 14.5. The van der Waals surface area contributed by atoms with E-state index in [1.807, 2.05) is 66.7 Å². The van der Waals surface area contributed by atoms with Crippen LogP contribution in [0.15, 0.2) is 78.9 Å². The minimum atomic E-state index is -1.06. The first-order valence-corrected chi connectivity index (χ1v) is 28.7. The highest BCUT2D eigenvalue weighted by atomic mass is 16.6. The number of nitrogens with zero attached hydrogens (tertiary/aromatic N) is 1. The number of hydrogen-bond acceptors (Lipinski definition) is 8. The Labute approximate surface area is 432 Å². The van der Waals surface area contributed by atoms with Crippen LogP contribution < -0.4 is 9.47 Å². The lowest BCUT2D eigenvalue weighted by atomic mass is 9.80. The minimum absolute atomic E-state index is 0.0853. The Bertz CT molecular complexity index is 1670. The minimum Gasteiger partial charge on any atom is -0.497 e. The summed E-state index contributed by atoms with van der Waals surface area (Å²) in [5, 5.41) is 11.0. The van der Waals surface area contributed by atoms with Gasteiger partial charge >= 0.3 is 6.09 Å². The molecule has 0 aliphatic carbocycles. The summed E-state index contributed by atoms with van der Waals surface area (Å²) in [5.74, 6) is 1.47. The number of amides is 1. The number of aliphatic hydroxyl groups excluding tert-OH is 1. The first-order chi connectivity index (χ1) is 34.9. The van der Waals surface area contributed by atoms with Crippen LogP contribution in [0.5, 0.6) is 11.5 Å². The quantitative estimate of drug-likeness (QED) is 0.0442. The van der Waals surface area contributed by atoms with Gasteiger partial charge in [0.15, 0.2) is 0 Å². The number of carbonyl (C=O) groups excluding carboxylic acids is 1. The van der Waals surface area contributed by atoms with Crippen molar-refractivity contribution < 1.29 is 38.3 Å². The van der Waals surface area contributed by atoms with Gasteiger partial charge < -0.3 is 38.4 Å². The maximum Gasteiger partial charge on any atom is 0.410 e. The summed E-state index contributed by atoms with van der Waals surface area (Å²) in [5.41, 5.74) is 1.67. The van der Waals surface area contributed by atoms with E-state index < -0.39 is 23.8 Å². The van der Waals surface area contributed by atoms with Crippen molar-refractivity contribution in [3.8, 4) is 11.5 Å². The first kappa shape index (κ1) is 59.9. The Balaban J connectivity index is 1.29. The Morgan fingerprint density at radius 1 is 0.549 bits per heavy atom. The molecule has 400 valence electrons. The molecule has 1 N–H and O–H groups in total. The van der Waals surface area contributed by atoms with Gasteiger partial charge in [-0.1, -0.05) is 235 Å². The van der Waals surface area contributed by atoms with E-state index in [4.69, 9.17) is 28.4 Å². The van der Waals surface area contributed by atoms with Gasteiger partial charge in [-0.2, -0.15) is 0 Å². The maximum atomic E-state index is 14.0. The van der Waals surface area contributed by atoms with E-state index in [9.17, 15) is 9.90 Å². The molecule has 71 heavy (non-hydrogen) atoms. The highest BCUT2D eigenvalue weighted by molar-refractivity contribution is 5.68. The molecule has 4 rings (SSSR count). The van der Waals surface area contributed by atoms with E-state index >= 15 is 0 Å². The smallest absolute Gasteiger partial charge is 0.410 e. The van der Waals surface area contributed by atoms with Crippen LogP contribution in [-0.2, 0) is 24.5 Å². The molecule has 1 amide bonds. The van der Waals surface area contributed by atoms with Gasteiger partial charge in [-0.25, -0.2) is 4.79 Å². The zero-order valence-electron chi connectivity index (χ0n) is 45.2. The van der Waals surface area contributed by atoms with Crippen LogP contribution in [0.1, 0.15) is 217 Å². The van der Waals surface area contributed by atoms with Crippen LogP contribution in [0.2, 0.25) is 0 Å². The Morgan fingerprint density at radius 2 is 0.958 bits per heavy atom. The molecule has 0 bridgehead atoms. The predicted molar refractivity (Wildman–Crippen MR) is 292 cm³/mol. The zero-order chi connectivity index (χ0) is 50.5. The van der Waals surface area contributed by atoms with E-state index in [-0.39, 0.29) is 25.9 Å². The molecule has 3 aromatic carbocycles. The fraction of sp³-hybridized carbons (Fsp3) is 0.694. The molecule has 0 saturated carbocycles. The first-order valence-electron chi connectivity index (χ1n) is 28.7. The topological polar surface area (TPSA) is 95.9 Å². The lowest BCUT2D eigenvalue weighted by Crippen LogP contribution is -2.43. The van der Waals surface area contributed by atoms with E-state index in [1.165, 1.54) is 161 Å². The molecule has 1 aliphatic rings. The number of carbonyl (C=O) groups is 1. The molecule has 0 unspecified atom stereocenters. The lowest BCUT2D eigenvalue weighted by molar-refractivity contribution is -0.0543. The standard InChI is InChI=1S/C62H99NO8/c1-5-7-9-11-13-15-17-19-21-23-25-27-29-34-46-68-51-60(69-47-35-30-28-26-24-22-20-18-16-14-12-10-8-6-2)52-70-61(65)63-49-57(64)48-56(63)50-71-62(53-36-32-31-33-37-53,54-38-42-58(66-3)43-39-54)55-40-44-59(67-4)45-41-55/h31-33,36-45,56-57,60,64H,5-30,34-35,46-52H2,1-4H3/t56-,57+,60-/m0/s1. The largest absolute Gasteiger partial charge is 0.497 e. The van der Waals surface area contributed by atoms with Crippen molar-refractivity contribution in [1.82, 2.24) is 4.90 Å². The summed E-state index contributed by atoms with van der Waals surface area (Å²) >= 11 is 0. The van der Waals surface area contributed by atoms with Crippen molar-refractivity contribution in [1.29, 1.82) is 0 Å². The van der Waals surface area contributed by atoms with Gasteiger partial charge in [0.05, 0.1) is 46.1 Å². The van der Waals surface area contributed by atoms with Gasteiger partial charge in [0.2, 0.25) is 0 Å². The molecule has 1 saturated heterocycles. The normalized spacial score (nSPS) is 15.3. The number of likely N-dealkylation sites (tertiary alicyclic amines) is 1. The molecule has 1 heterocycles. The Hall–Kier alpha value is -3.63. The van der Waals surface area contributed by atoms with Crippen molar-refractivity contribution >= 4 is 6.09 Å². The van der Waals surface area contributed by atoms with Gasteiger partial charge in [0, 0.05) is 13.2 Å². The molecule has 1 aliphatic heterocycles. The Morgan fingerprint density at radius 3 is 1.39 bits per heavy atom. The van der Waals surface area contributed by atoms with Crippen LogP contribution in [0.4, 0.5) is 4.79 Å². The number of ether oxygens (including phenoxy) is 6. The van der Waals surface area contributed by atoms with E-state index in [2.05, 4.69) is 26.0 Å². The van der Waals surface area contributed by atoms with Gasteiger partial charge in [-0.3, -0.25) is 0 Å². The number of β-amino-alcohol motifs (C(OH)–C–C–N with tert-alkyl or cyclic N) is 1. The molecular formula is C62H99NO8. The second-order valence-corrected chi connectivity index (χ2v) is 20.3. The van der Waals surface area contributed by atoms with E-state index in [0.717, 1.165) is 47.5 Å². The second kappa shape index (κ2) is 38.0. The van der Waals surface area contributed by atoms with Crippen molar-refractivity contribution in [2.24, 2.45) is 0 Å². The van der Waals surface area contributed by atoms with Gasteiger partial charge in [-0.05, 0) is 60.2 Å². The number of methoxy groups -OCH3 is 2. The van der Waals surface area contributed by atoms with Crippen LogP contribution >= 0.6 is 0 Å².